The minimum atomic E-state index is 0.369. The molecule has 100 valence electrons. The Kier molecular flexibility index (Phi) is 5.26. The van der Waals surface area contributed by atoms with E-state index in [4.69, 9.17) is 4.74 Å². The van der Waals surface area contributed by atoms with Crippen LogP contribution in [0.3, 0.4) is 0 Å². The van der Waals surface area contributed by atoms with E-state index in [1.54, 1.807) is 0 Å². The summed E-state index contributed by atoms with van der Waals surface area (Å²) in [5, 5.41) is 0. The first-order chi connectivity index (χ1) is 8.29. The molecule has 0 aromatic rings. The molecule has 1 aliphatic carbocycles. The average Bonchev–Trinajstić information content (AvgIpc) is 2.77. The highest BCUT2D eigenvalue weighted by Gasteiger charge is 2.24. The van der Waals surface area contributed by atoms with Crippen molar-refractivity contribution >= 4 is 0 Å². The fourth-order valence-corrected chi connectivity index (χ4v) is 3.25. The normalized spacial score (nSPS) is 27.2. The van der Waals surface area contributed by atoms with Gasteiger partial charge in [-0.2, -0.15) is 0 Å². The van der Waals surface area contributed by atoms with Crippen LogP contribution in [0.5, 0.6) is 0 Å². The van der Waals surface area contributed by atoms with Gasteiger partial charge < -0.3 is 4.74 Å². The lowest BCUT2D eigenvalue weighted by Crippen LogP contribution is -2.38. The Hall–Kier alpha value is -0.120. The van der Waals surface area contributed by atoms with Crippen LogP contribution in [0.25, 0.3) is 0 Å². The maximum atomic E-state index is 5.37. The molecule has 0 spiro atoms. The number of ether oxygens (including phenoxy) is 1. The van der Waals surface area contributed by atoms with Crippen molar-refractivity contribution < 1.29 is 4.74 Å². The Morgan fingerprint density at radius 2 is 1.82 bits per heavy atom. The fourth-order valence-electron chi connectivity index (χ4n) is 3.25. The fraction of sp³-hybridized carbons (Fsp3) is 1.00. The van der Waals surface area contributed by atoms with Crippen LogP contribution in [0.2, 0.25) is 0 Å². The molecule has 1 saturated heterocycles. The summed E-state index contributed by atoms with van der Waals surface area (Å²) in [7, 11) is 1.81. The van der Waals surface area contributed by atoms with Crippen LogP contribution in [0.15, 0.2) is 0 Å². The SMILES string of the molecule is CO[C@H](C)CN1CCCN(C2CCCC2)CC1. The molecule has 1 aliphatic heterocycles. The van der Waals surface area contributed by atoms with Crippen LogP contribution >= 0.6 is 0 Å². The van der Waals surface area contributed by atoms with Gasteiger partial charge in [0.25, 0.3) is 0 Å². The van der Waals surface area contributed by atoms with E-state index < -0.39 is 0 Å². The van der Waals surface area contributed by atoms with Gasteiger partial charge in [0, 0.05) is 32.8 Å². The van der Waals surface area contributed by atoms with Crippen molar-refractivity contribution in [3.05, 3.63) is 0 Å². The molecule has 17 heavy (non-hydrogen) atoms. The molecule has 2 rings (SSSR count). The molecule has 2 fully saturated rings. The molecule has 1 atom stereocenters. The highest BCUT2D eigenvalue weighted by molar-refractivity contribution is 4.80. The molecule has 0 N–H and O–H groups in total. The standard InChI is InChI=1S/C14H28N2O/c1-13(17-2)12-15-8-5-9-16(11-10-15)14-6-3-4-7-14/h13-14H,3-12H2,1-2H3/t13-/m1/s1. The predicted octanol–water partition coefficient (Wildman–Crippen LogP) is 1.97. The third kappa shape index (κ3) is 3.94. The topological polar surface area (TPSA) is 15.7 Å². The van der Waals surface area contributed by atoms with Gasteiger partial charge in [0.1, 0.15) is 0 Å². The zero-order valence-electron chi connectivity index (χ0n) is 11.5. The molecule has 0 aromatic carbocycles. The lowest BCUT2D eigenvalue weighted by Gasteiger charge is -2.27. The van der Waals surface area contributed by atoms with Gasteiger partial charge in [-0.05, 0) is 39.3 Å². The second-order valence-corrected chi connectivity index (χ2v) is 5.67. The third-order valence-electron chi connectivity index (χ3n) is 4.38. The number of rotatable bonds is 4. The lowest BCUT2D eigenvalue weighted by atomic mass is 10.2. The summed E-state index contributed by atoms with van der Waals surface area (Å²) in [5.74, 6) is 0. The summed E-state index contributed by atoms with van der Waals surface area (Å²) in [6, 6.07) is 0.898. The van der Waals surface area contributed by atoms with E-state index in [2.05, 4.69) is 16.7 Å². The van der Waals surface area contributed by atoms with E-state index in [0.717, 1.165) is 12.6 Å². The first-order valence-corrected chi connectivity index (χ1v) is 7.29. The molecule has 3 nitrogen and oxygen atoms in total. The van der Waals surface area contributed by atoms with E-state index in [1.807, 2.05) is 7.11 Å². The third-order valence-corrected chi connectivity index (χ3v) is 4.38. The maximum Gasteiger partial charge on any atom is 0.0670 e. The van der Waals surface area contributed by atoms with Gasteiger partial charge in [0.15, 0.2) is 0 Å². The molecule has 0 radical (unpaired) electrons. The zero-order valence-corrected chi connectivity index (χ0v) is 11.5. The molecule has 3 heteroatoms. The van der Waals surface area contributed by atoms with Crippen LogP contribution in [0, 0.1) is 0 Å². The first kappa shape index (κ1) is 13.3. The Labute approximate surface area is 106 Å². The van der Waals surface area contributed by atoms with Crippen LogP contribution in [-0.4, -0.2) is 61.8 Å². The van der Waals surface area contributed by atoms with Crippen LogP contribution in [0.1, 0.15) is 39.0 Å². The summed E-state index contributed by atoms with van der Waals surface area (Å²) in [6.07, 6.45) is 7.47. The van der Waals surface area contributed by atoms with Gasteiger partial charge in [-0.25, -0.2) is 0 Å². The molecular formula is C14H28N2O. The minimum absolute atomic E-state index is 0.369. The summed E-state index contributed by atoms with van der Waals surface area (Å²) in [5.41, 5.74) is 0. The van der Waals surface area contributed by atoms with Gasteiger partial charge in [-0.1, -0.05) is 12.8 Å². The minimum Gasteiger partial charge on any atom is -0.380 e. The molecule has 2 aliphatic rings. The second kappa shape index (κ2) is 6.72. The Morgan fingerprint density at radius 3 is 2.53 bits per heavy atom. The van der Waals surface area contributed by atoms with Crippen molar-refractivity contribution in [2.75, 3.05) is 39.8 Å². The Balaban J connectivity index is 1.76. The monoisotopic (exact) mass is 240 g/mol. The van der Waals surface area contributed by atoms with E-state index in [1.165, 1.54) is 58.3 Å². The number of methoxy groups -OCH3 is 1. The molecule has 0 amide bonds. The van der Waals surface area contributed by atoms with Crippen LogP contribution < -0.4 is 0 Å². The van der Waals surface area contributed by atoms with Crippen LogP contribution in [-0.2, 0) is 4.74 Å². The first-order valence-electron chi connectivity index (χ1n) is 7.29. The molecular weight excluding hydrogens is 212 g/mol. The maximum absolute atomic E-state index is 5.37. The molecule has 0 aromatic heterocycles. The van der Waals surface area contributed by atoms with E-state index in [-0.39, 0.29) is 0 Å². The lowest BCUT2D eigenvalue weighted by molar-refractivity contribution is 0.0775. The van der Waals surface area contributed by atoms with E-state index in [0.29, 0.717) is 6.10 Å². The quantitative estimate of drug-likeness (QED) is 0.747. The zero-order chi connectivity index (χ0) is 12.1. The summed E-state index contributed by atoms with van der Waals surface area (Å²) in [6.45, 7) is 8.30. The van der Waals surface area contributed by atoms with E-state index in [9.17, 15) is 0 Å². The highest BCUT2D eigenvalue weighted by atomic mass is 16.5. The number of nitrogens with zero attached hydrogens (tertiary/aromatic N) is 2. The molecule has 0 unspecified atom stereocenters. The second-order valence-electron chi connectivity index (χ2n) is 5.67. The van der Waals surface area contributed by atoms with Crippen molar-refractivity contribution in [1.29, 1.82) is 0 Å². The van der Waals surface area contributed by atoms with Gasteiger partial charge >= 0.3 is 0 Å². The molecule has 1 saturated carbocycles. The van der Waals surface area contributed by atoms with Gasteiger partial charge in [-0.3, -0.25) is 9.80 Å². The smallest absolute Gasteiger partial charge is 0.0670 e. The summed E-state index contributed by atoms with van der Waals surface area (Å²) >= 11 is 0. The number of hydrogen-bond donors (Lipinski definition) is 0. The van der Waals surface area contributed by atoms with Gasteiger partial charge in [0.05, 0.1) is 6.10 Å². The van der Waals surface area contributed by atoms with Gasteiger partial charge in [-0.15, -0.1) is 0 Å². The predicted molar refractivity (Wildman–Crippen MR) is 71.4 cm³/mol. The van der Waals surface area contributed by atoms with Crippen molar-refractivity contribution in [1.82, 2.24) is 9.80 Å². The van der Waals surface area contributed by atoms with Crippen molar-refractivity contribution in [2.45, 2.75) is 51.2 Å². The van der Waals surface area contributed by atoms with Crippen molar-refractivity contribution in [3.63, 3.8) is 0 Å². The van der Waals surface area contributed by atoms with Crippen LogP contribution in [0.4, 0.5) is 0 Å². The summed E-state index contributed by atoms with van der Waals surface area (Å²) in [4.78, 5) is 5.31. The number of hydrogen-bond acceptors (Lipinski definition) is 3. The average molecular weight is 240 g/mol. The Morgan fingerprint density at radius 1 is 1.06 bits per heavy atom. The Bertz CT molecular complexity index is 216. The van der Waals surface area contributed by atoms with Gasteiger partial charge in [0.2, 0.25) is 0 Å². The largest absolute Gasteiger partial charge is 0.380 e. The van der Waals surface area contributed by atoms with E-state index >= 15 is 0 Å². The van der Waals surface area contributed by atoms with Crippen molar-refractivity contribution in [3.8, 4) is 0 Å². The molecule has 1 heterocycles. The summed E-state index contributed by atoms with van der Waals surface area (Å²) < 4.78 is 5.37. The molecule has 0 bridgehead atoms. The van der Waals surface area contributed by atoms with Crippen molar-refractivity contribution in [2.24, 2.45) is 0 Å². The highest BCUT2D eigenvalue weighted by Crippen LogP contribution is 2.24.